The molecule has 1 saturated heterocycles. The fourth-order valence-corrected chi connectivity index (χ4v) is 3.90. The van der Waals surface area contributed by atoms with Crippen molar-refractivity contribution >= 4 is 11.5 Å². The molecule has 1 aromatic rings. The number of rotatable bonds is 11. The molecule has 1 unspecified atom stereocenters. The topological polar surface area (TPSA) is 50.8 Å². The number of amides is 1. The molecule has 1 aliphatic rings. The lowest BCUT2D eigenvalue weighted by atomic mass is 10.0. The van der Waals surface area contributed by atoms with E-state index in [1.54, 1.807) is 13.2 Å². The monoisotopic (exact) mass is 424 g/mol. The number of nitrogens with one attached hydrogen (secondary N) is 1. The highest BCUT2D eigenvalue weighted by Gasteiger charge is 2.27. The second-order valence-electron chi connectivity index (χ2n) is 7.95. The smallest absolute Gasteiger partial charge is 0.227 e. The summed E-state index contributed by atoms with van der Waals surface area (Å²) in [4.78, 5) is 15.2. The minimum absolute atomic E-state index is 0.106. The van der Waals surface area contributed by atoms with E-state index in [-0.39, 0.29) is 24.4 Å². The molecule has 1 heterocycles. The Morgan fingerprint density at radius 3 is 2.71 bits per heavy atom. The van der Waals surface area contributed by atoms with Crippen LogP contribution in [0.25, 0.3) is 5.57 Å². The molecule has 31 heavy (non-hydrogen) atoms. The van der Waals surface area contributed by atoms with Crippen LogP contribution < -0.4 is 5.32 Å². The number of hydrogen-bond donors (Lipinski definition) is 1. The van der Waals surface area contributed by atoms with E-state index in [0.717, 1.165) is 43.5 Å². The zero-order valence-corrected chi connectivity index (χ0v) is 19.1. The van der Waals surface area contributed by atoms with Crippen LogP contribution in [0, 0.1) is 12.3 Å². The molecule has 0 radical (unpaired) electrons. The van der Waals surface area contributed by atoms with E-state index in [2.05, 4.69) is 25.1 Å². The first-order chi connectivity index (χ1) is 15.1. The van der Waals surface area contributed by atoms with Crippen molar-refractivity contribution in [3.05, 3.63) is 53.8 Å². The maximum Gasteiger partial charge on any atom is 0.227 e. The number of hydrogen-bond acceptors (Lipinski definition) is 4. The van der Waals surface area contributed by atoms with Crippen LogP contribution >= 0.6 is 0 Å². The van der Waals surface area contributed by atoms with Crippen LogP contribution in [0.4, 0.5) is 0 Å². The fourth-order valence-electron chi connectivity index (χ4n) is 3.90. The molecule has 1 aromatic carbocycles. The number of piperidine rings is 1. The molecule has 0 aliphatic carbocycles. The van der Waals surface area contributed by atoms with Gasteiger partial charge in [0.25, 0.3) is 0 Å². The average molecular weight is 425 g/mol. The van der Waals surface area contributed by atoms with Crippen LogP contribution in [0.2, 0.25) is 0 Å². The van der Waals surface area contributed by atoms with Gasteiger partial charge in [0.05, 0.1) is 6.61 Å². The molecular formula is C26H36N2O3. The maximum atomic E-state index is 13.2. The van der Waals surface area contributed by atoms with Crippen molar-refractivity contribution in [1.29, 1.82) is 0 Å². The third kappa shape index (κ3) is 7.90. The van der Waals surface area contributed by atoms with Crippen molar-refractivity contribution in [2.75, 3.05) is 33.4 Å². The normalized spacial score (nSPS) is 17.3. The van der Waals surface area contributed by atoms with Crippen LogP contribution in [0.3, 0.4) is 0 Å². The molecule has 1 amide bonds. The van der Waals surface area contributed by atoms with Crippen LogP contribution in [0.5, 0.6) is 0 Å². The zero-order chi connectivity index (χ0) is 22.5. The standard InChI is InChI=1S/C26H36N2O3/c1-5-11-24(22-12-7-6-8-13-22)25(31-19-10-18-30-4)15-16-26(29)28(21(2)3)23-14-9-17-27-20-23/h1,6-8,11-13,15,21,23,27H,9-10,14,16-20H2,2-4H3/b24-11-,25-15+. The Hall–Kier alpha value is -2.55. The van der Waals surface area contributed by atoms with E-state index in [9.17, 15) is 4.79 Å². The number of allylic oxidation sites excluding steroid dienone is 2. The molecule has 1 atom stereocenters. The second-order valence-corrected chi connectivity index (χ2v) is 7.95. The molecule has 0 saturated carbocycles. The number of carbonyl (C=O) groups is 1. The minimum atomic E-state index is 0.106. The molecular weight excluding hydrogens is 388 g/mol. The first-order valence-electron chi connectivity index (χ1n) is 11.1. The Bertz CT molecular complexity index is 772. The van der Waals surface area contributed by atoms with E-state index in [1.807, 2.05) is 41.3 Å². The first-order valence-corrected chi connectivity index (χ1v) is 11.1. The van der Waals surface area contributed by atoms with Crippen molar-refractivity contribution in [1.82, 2.24) is 10.2 Å². The van der Waals surface area contributed by atoms with Gasteiger partial charge in [0.2, 0.25) is 5.91 Å². The van der Waals surface area contributed by atoms with Crippen molar-refractivity contribution in [2.24, 2.45) is 0 Å². The highest BCUT2D eigenvalue weighted by Crippen LogP contribution is 2.25. The van der Waals surface area contributed by atoms with Gasteiger partial charge in [0.1, 0.15) is 5.76 Å². The van der Waals surface area contributed by atoms with E-state index in [4.69, 9.17) is 15.9 Å². The molecule has 1 N–H and O–H groups in total. The van der Waals surface area contributed by atoms with Gasteiger partial charge in [-0.15, -0.1) is 6.42 Å². The maximum absolute atomic E-state index is 13.2. The number of nitrogens with zero attached hydrogens (tertiary/aromatic N) is 1. The van der Waals surface area contributed by atoms with Gasteiger partial charge in [0.15, 0.2) is 0 Å². The summed E-state index contributed by atoms with van der Waals surface area (Å²) in [5.41, 5.74) is 1.77. The fraction of sp³-hybridized carbons (Fsp3) is 0.500. The minimum Gasteiger partial charge on any atom is -0.493 e. The van der Waals surface area contributed by atoms with Gasteiger partial charge in [-0.05, 0) is 50.9 Å². The van der Waals surface area contributed by atoms with Gasteiger partial charge >= 0.3 is 0 Å². The molecule has 0 bridgehead atoms. The van der Waals surface area contributed by atoms with E-state index in [0.29, 0.717) is 19.0 Å². The Morgan fingerprint density at radius 1 is 1.32 bits per heavy atom. The number of benzene rings is 1. The van der Waals surface area contributed by atoms with E-state index < -0.39 is 0 Å². The van der Waals surface area contributed by atoms with Gasteiger partial charge in [-0.3, -0.25) is 4.79 Å². The van der Waals surface area contributed by atoms with Gasteiger partial charge in [-0.25, -0.2) is 0 Å². The van der Waals surface area contributed by atoms with E-state index >= 15 is 0 Å². The summed E-state index contributed by atoms with van der Waals surface area (Å²) in [6, 6.07) is 10.2. The second kappa shape index (κ2) is 13.7. The third-order valence-corrected chi connectivity index (χ3v) is 5.30. The summed E-state index contributed by atoms with van der Waals surface area (Å²) in [7, 11) is 1.67. The lowest BCUT2D eigenvalue weighted by Crippen LogP contribution is -2.51. The third-order valence-electron chi connectivity index (χ3n) is 5.30. The van der Waals surface area contributed by atoms with Crippen LogP contribution in [-0.4, -0.2) is 56.3 Å². The summed E-state index contributed by atoms with van der Waals surface area (Å²) < 4.78 is 11.2. The van der Waals surface area contributed by atoms with Gasteiger partial charge in [0, 0.05) is 50.8 Å². The molecule has 1 fully saturated rings. The van der Waals surface area contributed by atoms with E-state index in [1.165, 1.54) is 0 Å². The summed E-state index contributed by atoms with van der Waals surface area (Å²) in [5.74, 6) is 3.36. The molecule has 2 rings (SSSR count). The Labute approximate surface area is 187 Å². The molecule has 5 nitrogen and oxygen atoms in total. The quantitative estimate of drug-likeness (QED) is 0.252. The molecule has 1 aliphatic heterocycles. The number of carbonyl (C=O) groups excluding carboxylic acids is 1. The predicted molar refractivity (Wildman–Crippen MR) is 126 cm³/mol. The first kappa shape index (κ1) is 24.7. The van der Waals surface area contributed by atoms with Crippen molar-refractivity contribution in [3.63, 3.8) is 0 Å². The summed E-state index contributed by atoms with van der Waals surface area (Å²) in [6.07, 6.45) is 12.3. The summed E-state index contributed by atoms with van der Waals surface area (Å²) in [6.45, 7) is 7.12. The number of ether oxygens (including phenoxy) is 2. The molecule has 0 aromatic heterocycles. The van der Waals surface area contributed by atoms with Crippen LogP contribution in [-0.2, 0) is 14.3 Å². The summed E-state index contributed by atoms with van der Waals surface area (Å²) >= 11 is 0. The predicted octanol–water partition coefficient (Wildman–Crippen LogP) is 4.02. The highest BCUT2D eigenvalue weighted by molar-refractivity contribution is 5.82. The van der Waals surface area contributed by atoms with Crippen LogP contribution in [0.1, 0.15) is 45.1 Å². The van der Waals surface area contributed by atoms with Crippen molar-refractivity contribution in [3.8, 4) is 12.3 Å². The number of methoxy groups -OCH3 is 1. The van der Waals surface area contributed by atoms with Crippen LogP contribution in [0.15, 0.2) is 48.2 Å². The average Bonchev–Trinajstić information content (AvgIpc) is 2.78. The van der Waals surface area contributed by atoms with Gasteiger partial charge in [-0.2, -0.15) is 0 Å². The molecule has 168 valence electrons. The molecule has 0 spiro atoms. The van der Waals surface area contributed by atoms with Crippen molar-refractivity contribution in [2.45, 2.75) is 51.6 Å². The van der Waals surface area contributed by atoms with Gasteiger partial charge in [-0.1, -0.05) is 36.3 Å². The Kier molecular flexibility index (Phi) is 10.9. The largest absolute Gasteiger partial charge is 0.493 e. The zero-order valence-electron chi connectivity index (χ0n) is 19.1. The number of terminal acetylenes is 1. The highest BCUT2D eigenvalue weighted by atomic mass is 16.5. The summed E-state index contributed by atoms with van der Waals surface area (Å²) in [5, 5.41) is 3.41. The lowest BCUT2D eigenvalue weighted by Gasteiger charge is -2.37. The SMILES string of the molecule is C#C/C=C(\C(=C/CC(=O)N(C(C)C)C1CCCNC1)OCCCOC)c1ccccc1. The van der Waals surface area contributed by atoms with Gasteiger partial charge < -0.3 is 19.7 Å². The Balaban J connectivity index is 2.24. The molecule has 5 heteroatoms. The Morgan fingerprint density at radius 2 is 2.10 bits per heavy atom. The lowest BCUT2D eigenvalue weighted by molar-refractivity contribution is -0.135. The van der Waals surface area contributed by atoms with Crippen molar-refractivity contribution < 1.29 is 14.3 Å².